The topological polar surface area (TPSA) is 76.7 Å². The number of amides is 2. The monoisotopic (exact) mass is 498 g/mol. The van der Waals surface area contributed by atoms with Gasteiger partial charge in [0.05, 0.1) is 19.8 Å². The van der Waals surface area contributed by atoms with Gasteiger partial charge in [-0.3, -0.25) is 9.59 Å². The molecule has 0 aliphatic carbocycles. The summed E-state index contributed by atoms with van der Waals surface area (Å²) in [6.45, 7) is 0.147. The molecule has 0 heterocycles. The van der Waals surface area contributed by atoms with Gasteiger partial charge < -0.3 is 20.1 Å². The van der Waals surface area contributed by atoms with Crippen LogP contribution in [0.15, 0.2) is 91.0 Å². The molecule has 4 rings (SSSR count). The zero-order valence-electron chi connectivity index (χ0n) is 20.6. The third-order valence-corrected chi connectivity index (χ3v) is 5.92. The second-order valence-electron chi connectivity index (χ2n) is 8.27. The molecule has 0 saturated heterocycles. The van der Waals surface area contributed by atoms with Gasteiger partial charge in [0.25, 0.3) is 11.8 Å². The Hall–Kier alpha value is -4.65. The molecule has 0 aliphatic heterocycles. The average Bonchev–Trinajstić information content (AvgIpc) is 2.95. The summed E-state index contributed by atoms with van der Waals surface area (Å²) < 4.78 is 25.2. The maximum atomic E-state index is 14.8. The summed E-state index contributed by atoms with van der Waals surface area (Å²) in [5.74, 6) is -0.241. The predicted molar refractivity (Wildman–Crippen MR) is 140 cm³/mol. The SMILES string of the molecule is COc1ccc(OC)c(C(=O)NCc2ccc(CNC(=O)c3ccccc3-c3ccccc3)cc2F)c1. The van der Waals surface area contributed by atoms with Crippen LogP contribution in [0.4, 0.5) is 4.39 Å². The van der Waals surface area contributed by atoms with Crippen LogP contribution in [0.5, 0.6) is 11.5 Å². The van der Waals surface area contributed by atoms with Crippen LogP contribution >= 0.6 is 0 Å². The molecule has 6 nitrogen and oxygen atoms in total. The lowest BCUT2D eigenvalue weighted by atomic mass is 9.99. The number of rotatable bonds is 9. The molecule has 2 N–H and O–H groups in total. The smallest absolute Gasteiger partial charge is 0.255 e. The highest BCUT2D eigenvalue weighted by atomic mass is 19.1. The van der Waals surface area contributed by atoms with Crippen molar-refractivity contribution in [2.75, 3.05) is 14.2 Å². The Morgan fingerprint density at radius 3 is 2.16 bits per heavy atom. The Kier molecular flexibility index (Phi) is 8.15. The highest BCUT2D eigenvalue weighted by molar-refractivity contribution is 6.00. The van der Waals surface area contributed by atoms with Gasteiger partial charge in [0.2, 0.25) is 0 Å². The lowest BCUT2D eigenvalue weighted by molar-refractivity contribution is 0.0940. The minimum Gasteiger partial charge on any atom is -0.497 e. The maximum absolute atomic E-state index is 14.8. The van der Waals surface area contributed by atoms with Gasteiger partial charge in [-0.2, -0.15) is 0 Å². The van der Waals surface area contributed by atoms with Crippen LogP contribution in [-0.2, 0) is 13.1 Å². The number of carbonyl (C=O) groups is 2. The highest BCUT2D eigenvalue weighted by Crippen LogP contribution is 2.25. The molecule has 0 spiro atoms. The van der Waals surface area contributed by atoms with Gasteiger partial charge in [-0.05, 0) is 47.0 Å². The first kappa shape index (κ1) is 25.4. The number of benzene rings is 4. The van der Waals surface area contributed by atoms with Crippen LogP contribution in [-0.4, -0.2) is 26.0 Å². The van der Waals surface area contributed by atoms with Crippen LogP contribution < -0.4 is 20.1 Å². The number of hydrogen-bond donors (Lipinski definition) is 2. The van der Waals surface area contributed by atoms with E-state index in [-0.39, 0.29) is 24.6 Å². The molecule has 2 amide bonds. The normalized spacial score (nSPS) is 10.5. The highest BCUT2D eigenvalue weighted by Gasteiger charge is 2.15. The lowest BCUT2D eigenvalue weighted by Gasteiger charge is -2.12. The van der Waals surface area contributed by atoms with E-state index in [4.69, 9.17) is 9.47 Å². The van der Waals surface area contributed by atoms with Gasteiger partial charge in [-0.25, -0.2) is 4.39 Å². The van der Waals surface area contributed by atoms with Crippen molar-refractivity contribution in [1.82, 2.24) is 10.6 Å². The summed E-state index contributed by atoms with van der Waals surface area (Å²) in [5, 5.41) is 5.58. The van der Waals surface area contributed by atoms with E-state index in [2.05, 4.69) is 10.6 Å². The molecule has 0 atom stereocenters. The molecule has 0 radical (unpaired) electrons. The van der Waals surface area contributed by atoms with Crippen molar-refractivity contribution in [2.45, 2.75) is 13.1 Å². The zero-order valence-corrected chi connectivity index (χ0v) is 20.6. The quantitative estimate of drug-likeness (QED) is 0.325. The molecule has 0 aliphatic rings. The molecule has 0 bridgehead atoms. The molecule has 0 saturated carbocycles. The second kappa shape index (κ2) is 11.9. The molecule has 4 aromatic carbocycles. The summed E-state index contributed by atoms with van der Waals surface area (Å²) in [6.07, 6.45) is 0. The van der Waals surface area contributed by atoms with E-state index in [1.807, 2.05) is 48.5 Å². The Morgan fingerprint density at radius 1 is 0.730 bits per heavy atom. The fourth-order valence-electron chi connectivity index (χ4n) is 3.93. The number of halogens is 1. The Balaban J connectivity index is 1.39. The molecular weight excluding hydrogens is 471 g/mol. The van der Waals surface area contributed by atoms with Crippen molar-refractivity contribution in [3.05, 3.63) is 119 Å². The fourth-order valence-corrected chi connectivity index (χ4v) is 3.93. The number of ether oxygens (including phenoxy) is 2. The van der Waals surface area contributed by atoms with Gasteiger partial charge in [0.15, 0.2) is 0 Å². The van der Waals surface area contributed by atoms with E-state index >= 15 is 0 Å². The molecule has 0 fully saturated rings. The van der Waals surface area contributed by atoms with Crippen LogP contribution in [0.2, 0.25) is 0 Å². The molecule has 37 heavy (non-hydrogen) atoms. The Morgan fingerprint density at radius 2 is 1.43 bits per heavy atom. The number of carbonyl (C=O) groups excluding carboxylic acids is 2. The molecule has 7 heteroatoms. The maximum Gasteiger partial charge on any atom is 0.255 e. The minimum absolute atomic E-state index is 0.0118. The van der Waals surface area contributed by atoms with Crippen LogP contribution in [0.1, 0.15) is 31.8 Å². The summed E-state index contributed by atoms with van der Waals surface area (Å²) in [5.41, 5.74) is 3.52. The third-order valence-electron chi connectivity index (χ3n) is 5.92. The third kappa shape index (κ3) is 6.13. The van der Waals surface area contributed by atoms with Crippen molar-refractivity contribution in [3.8, 4) is 22.6 Å². The zero-order chi connectivity index (χ0) is 26.2. The van der Waals surface area contributed by atoms with E-state index < -0.39 is 11.7 Å². The lowest BCUT2D eigenvalue weighted by Crippen LogP contribution is -2.25. The first-order valence-corrected chi connectivity index (χ1v) is 11.7. The fraction of sp³-hybridized carbons (Fsp3) is 0.133. The van der Waals surface area contributed by atoms with Crippen LogP contribution in [0.25, 0.3) is 11.1 Å². The first-order chi connectivity index (χ1) is 18.0. The number of hydrogen-bond acceptors (Lipinski definition) is 4. The van der Waals surface area contributed by atoms with Crippen LogP contribution in [0, 0.1) is 5.82 Å². The van der Waals surface area contributed by atoms with Crippen molar-refractivity contribution in [2.24, 2.45) is 0 Å². The molecule has 188 valence electrons. The summed E-state index contributed by atoms with van der Waals surface area (Å²) in [6, 6.07) is 26.6. The van der Waals surface area contributed by atoms with Crippen molar-refractivity contribution < 1.29 is 23.5 Å². The first-order valence-electron chi connectivity index (χ1n) is 11.7. The van der Waals surface area contributed by atoms with E-state index in [1.54, 1.807) is 36.4 Å². The van der Waals surface area contributed by atoms with Gasteiger partial charge >= 0.3 is 0 Å². The van der Waals surface area contributed by atoms with Gasteiger partial charge in [-0.15, -0.1) is 0 Å². The van der Waals surface area contributed by atoms with E-state index in [0.29, 0.717) is 28.2 Å². The molecule has 4 aromatic rings. The summed E-state index contributed by atoms with van der Waals surface area (Å²) in [7, 11) is 2.97. The van der Waals surface area contributed by atoms with Crippen molar-refractivity contribution >= 4 is 11.8 Å². The Labute approximate surface area is 215 Å². The predicted octanol–water partition coefficient (Wildman–Crippen LogP) is 5.37. The van der Waals surface area contributed by atoms with E-state index in [1.165, 1.54) is 20.3 Å². The molecule has 0 unspecified atom stereocenters. The van der Waals surface area contributed by atoms with E-state index in [9.17, 15) is 14.0 Å². The minimum atomic E-state index is -0.477. The standard InChI is InChI=1S/C30H27FN2O4/c1-36-23-14-15-28(37-2)26(17-23)30(35)33-19-22-13-12-20(16-27(22)31)18-32-29(34)25-11-7-6-10-24(25)21-8-4-3-5-9-21/h3-17H,18-19H2,1-2H3,(H,32,34)(H,33,35). The van der Waals surface area contributed by atoms with Gasteiger partial charge in [0, 0.05) is 24.2 Å². The molecular formula is C30H27FN2O4. The average molecular weight is 499 g/mol. The van der Waals surface area contributed by atoms with E-state index in [0.717, 1.165) is 11.1 Å². The van der Waals surface area contributed by atoms with Crippen LogP contribution in [0.3, 0.4) is 0 Å². The van der Waals surface area contributed by atoms with Crippen molar-refractivity contribution in [1.29, 1.82) is 0 Å². The summed E-state index contributed by atoms with van der Waals surface area (Å²) in [4.78, 5) is 25.6. The van der Waals surface area contributed by atoms with Crippen molar-refractivity contribution in [3.63, 3.8) is 0 Å². The van der Waals surface area contributed by atoms with Gasteiger partial charge in [0.1, 0.15) is 17.3 Å². The molecule has 0 aromatic heterocycles. The summed E-state index contributed by atoms with van der Waals surface area (Å²) >= 11 is 0. The second-order valence-corrected chi connectivity index (χ2v) is 8.27. The number of nitrogens with one attached hydrogen (secondary N) is 2. The largest absolute Gasteiger partial charge is 0.497 e. The Bertz CT molecular complexity index is 1410. The number of methoxy groups -OCH3 is 2. The van der Waals surface area contributed by atoms with Gasteiger partial charge in [-0.1, -0.05) is 60.7 Å².